The maximum absolute atomic E-state index is 10.9. The summed E-state index contributed by atoms with van der Waals surface area (Å²) in [5, 5.41) is 0. The molecule has 0 saturated heterocycles. The van der Waals surface area contributed by atoms with Crippen LogP contribution in [0.4, 0.5) is 0 Å². The molecular formula is C14H16IOS-. The fourth-order valence-corrected chi connectivity index (χ4v) is 5.75. The van der Waals surface area contributed by atoms with E-state index in [0.29, 0.717) is 0 Å². The average Bonchev–Trinajstić information content (AvgIpc) is 2.82. The Morgan fingerprint density at radius 1 is 1.41 bits per heavy atom. The van der Waals surface area contributed by atoms with E-state index < -0.39 is 0 Å². The van der Waals surface area contributed by atoms with Gasteiger partial charge in [-0.1, -0.05) is 0 Å². The molecule has 1 aliphatic heterocycles. The van der Waals surface area contributed by atoms with E-state index in [1.165, 1.54) is 23.2 Å². The van der Waals surface area contributed by atoms with Crippen molar-refractivity contribution >= 4 is 23.2 Å². The van der Waals surface area contributed by atoms with E-state index in [0.717, 1.165) is 24.0 Å². The number of hydrogen-bond donors (Lipinski definition) is 0. The van der Waals surface area contributed by atoms with Gasteiger partial charge in [0.25, 0.3) is 0 Å². The second-order valence-corrected chi connectivity index (χ2v) is 9.09. The minimum absolute atomic E-state index is 0.0920. The van der Waals surface area contributed by atoms with E-state index in [1.54, 1.807) is 11.3 Å². The van der Waals surface area contributed by atoms with Crippen molar-refractivity contribution in [1.29, 1.82) is 0 Å². The van der Waals surface area contributed by atoms with Crippen molar-refractivity contribution in [3.63, 3.8) is 0 Å². The minimum atomic E-state index is 0.0920. The molecule has 1 aromatic rings. The van der Waals surface area contributed by atoms with E-state index in [2.05, 4.69) is 32.9 Å². The number of carbonyl (C=O) groups is 1. The molecule has 1 aromatic heterocycles. The second kappa shape index (κ2) is 5.48. The molecule has 17 heavy (non-hydrogen) atoms. The summed E-state index contributed by atoms with van der Waals surface area (Å²) >= 11 is 1.74. The van der Waals surface area contributed by atoms with Gasteiger partial charge in [-0.15, -0.1) is 0 Å². The Morgan fingerprint density at radius 2 is 2.18 bits per heavy atom. The Labute approximate surface area is 117 Å². The van der Waals surface area contributed by atoms with E-state index in [1.807, 2.05) is 0 Å². The molecule has 3 heteroatoms. The molecule has 0 amide bonds. The molecule has 2 rings (SSSR count). The summed E-state index contributed by atoms with van der Waals surface area (Å²) in [5.41, 5.74) is 2.75. The van der Waals surface area contributed by atoms with Gasteiger partial charge in [0.05, 0.1) is 0 Å². The van der Waals surface area contributed by atoms with Gasteiger partial charge in [-0.05, 0) is 0 Å². The number of hydrogen-bond acceptors (Lipinski definition) is 2. The molecule has 0 spiro atoms. The summed E-state index contributed by atoms with van der Waals surface area (Å²) in [6.07, 6.45) is 5.50. The topological polar surface area (TPSA) is 17.1 Å². The summed E-state index contributed by atoms with van der Waals surface area (Å²) in [5.74, 6) is 0. The molecule has 0 aromatic carbocycles. The van der Waals surface area contributed by atoms with Crippen LogP contribution in [0.1, 0.15) is 47.3 Å². The van der Waals surface area contributed by atoms with Gasteiger partial charge in [0.1, 0.15) is 0 Å². The molecule has 0 saturated carbocycles. The number of halogens is 1. The predicted molar refractivity (Wildman–Crippen MR) is 70.1 cm³/mol. The molecule has 0 aliphatic carbocycles. The number of thiophene rings is 1. The first-order valence-electron chi connectivity index (χ1n) is 5.78. The molecule has 0 fully saturated rings. The van der Waals surface area contributed by atoms with Gasteiger partial charge in [-0.25, -0.2) is 0 Å². The van der Waals surface area contributed by atoms with Crippen molar-refractivity contribution in [3.8, 4) is 0 Å². The van der Waals surface area contributed by atoms with Crippen LogP contribution in [0, 0.1) is 0 Å². The molecule has 1 aliphatic rings. The molecule has 92 valence electrons. The van der Waals surface area contributed by atoms with Crippen molar-refractivity contribution in [3.05, 3.63) is 34.6 Å². The zero-order valence-electron chi connectivity index (χ0n) is 10.3. The van der Waals surface area contributed by atoms with Crippen molar-refractivity contribution in [1.82, 2.24) is 0 Å². The Morgan fingerprint density at radius 3 is 2.71 bits per heavy atom. The normalized spacial score (nSPS) is 15.8. The SMILES string of the molecule is CCCc1cc(C=O)sc1C1=C(C)[I-]C(C)=C1. The first-order valence-corrected chi connectivity index (χ1v) is 8.75. The number of aryl methyl sites for hydroxylation is 1. The van der Waals surface area contributed by atoms with Crippen LogP contribution in [-0.4, -0.2) is 6.29 Å². The third kappa shape index (κ3) is 2.71. The average molecular weight is 359 g/mol. The van der Waals surface area contributed by atoms with Crippen LogP contribution in [0.25, 0.3) is 5.57 Å². The first-order chi connectivity index (χ1) is 8.15. The summed E-state index contributed by atoms with van der Waals surface area (Å²) in [4.78, 5) is 13.1. The van der Waals surface area contributed by atoms with Crippen molar-refractivity contribution in [2.75, 3.05) is 0 Å². The molecular weight excluding hydrogens is 343 g/mol. The third-order valence-electron chi connectivity index (χ3n) is 2.71. The van der Waals surface area contributed by atoms with Crippen LogP contribution in [0.2, 0.25) is 0 Å². The summed E-state index contributed by atoms with van der Waals surface area (Å²) in [7, 11) is 0. The van der Waals surface area contributed by atoms with Crippen LogP contribution in [0.15, 0.2) is 19.3 Å². The fraction of sp³-hybridized carbons (Fsp3) is 0.357. The second-order valence-electron chi connectivity index (χ2n) is 4.14. The standard InChI is InChI=1S/C14H16IOS/c1-4-5-11-7-12(8-16)17-14(11)13-6-9(2)15-10(13)3/h6-8H,4-5H2,1-3H3/q-1. The predicted octanol–water partition coefficient (Wildman–Crippen LogP) is 1.25. The molecule has 2 heterocycles. The Kier molecular flexibility index (Phi) is 4.20. The van der Waals surface area contributed by atoms with Gasteiger partial charge in [0.2, 0.25) is 0 Å². The number of carbonyl (C=O) groups excluding carboxylic acids is 1. The van der Waals surface area contributed by atoms with E-state index in [4.69, 9.17) is 0 Å². The Bertz CT molecular complexity index is 508. The summed E-state index contributed by atoms with van der Waals surface area (Å²) in [6, 6.07) is 2.07. The first kappa shape index (κ1) is 13.0. The van der Waals surface area contributed by atoms with Crippen LogP contribution >= 0.6 is 11.3 Å². The van der Waals surface area contributed by atoms with Crippen LogP contribution < -0.4 is 21.2 Å². The fourth-order valence-electron chi connectivity index (χ4n) is 2.01. The molecule has 0 bridgehead atoms. The van der Waals surface area contributed by atoms with Gasteiger partial charge in [0, 0.05) is 0 Å². The van der Waals surface area contributed by atoms with E-state index in [-0.39, 0.29) is 21.2 Å². The van der Waals surface area contributed by atoms with Crippen LogP contribution in [0.5, 0.6) is 0 Å². The van der Waals surface area contributed by atoms with Crippen molar-refractivity contribution in [2.24, 2.45) is 0 Å². The summed E-state index contributed by atoms with van der Waals surface area (Å²) < 4.78 is 3.07. The molecule has 1 nitrogen and oxygen atoms in total. The Balaban J connectivity index is 2.47. The number of rotatable bonds is 4. The van der Waals surface area contributed by atoms with Gasteiger partial charge in [-0.3, -0.25) is 0 Å². The van der Waals surface area contributed by atoms with Crippen molar-refractivity contribution < 1.29 is 26.0 Å². The van der Waals surface area contributed by atoms with Crippen molar-refractivity contribution in [2.45, 2.75) is 33.6 Å². The maximum atomic E-state index is 10.9. The zero-order chi connectivity index (χ0) is 12.4. The number of allylic oxidation sites excluding steroid dienone is 4. The molecule has 0 N–H and O–H groups in total. The van der Waals surface area contributed by atoms with Crippen LogP contribution in [0.3, 0.4) is 0 Å². The Hall–Kier alpha value is -0.420. The molecule has 0 radical (unpaired) electrons. The monoisotopic (exact) mass is 359 g/mol. The van der Waals surface area contributed by atoms with Gasteiger partial charge in [-0.2, -0.15) is 0 Å². The van der Waals surface area contributed by atoms with Crippen LogP contribution in [-0.2, 0) is 6.42 Å². The quantitative estimate of drug-likeness (QED) is 0.584. The van der Waals surface area contributed by atoms with E-state index in [9.17, 15) is 4.79 Å². The van der Waals surface area contributed by atoms with Gasteiger partial charge >= 0.3 is 117 Å². The van der Waals surface area contributed by atoms with Gasteiger partial charge in [0.15, 0.2) is 0 Å². The summed E-state index contributed by atoms with van der Waals surface area (Å²) in [6.45, 7) is 6.65. The zero-order valence-corrected chi connectivity index (χ0v) is 13.3. The number of aldehydes is 1. The van der Waals surface area contributed by atoms with Gasteiger partial charge < -0.3 is 0 Å². The van der Waals surface area contributed by atoms with E-state index >= 15 is 0 Å². The molecule has 0 unspecified atom stereocenters. The molecule has 0 atom stereocenters. The third-order valence-corrected chi connectivity index (χ3v) is 6.40.